The van der Waals surface area contributed by atoms with Crippen LogP contribution in [0.25, 0.3) is 0 Å². The lowest BCUT2D eigenvalue weighted by molar-refractivity contribution is 0.0118. The highest BCUT2D eigenvalue weighted by Gasteiger charge is 2.52. The molecule has 3 atom stereocenters. The average Bonchev–Trinajstić information content (AvgIpc) is 3.06. The highest BCUT2D eigenvalue weighted by atomic mass is 16.5. The molecule has 5 nitrogen and oxygen atoms in total. The number of aliphatic hydroxyl groups excluding tert-OH is 1. The average molecular weight is 410 g/mol. The summed E-state index contributed by atoms with van der Waals surface area (Å²) < 4.78 is 10.8. The van der Waals surface area contributed by atoms with E-state index in [1.165, 1.54) is 5.56 Å². The van der Waals surface area contributed by atoms with Crippen molar-refractivity contribution >= 4 is 5.78 Å². The maximum atomic E-state index is 13.5. The molecule has 0 amide bonds. The Morgan fingerprint density at radius 1 is 1.13 bits per heavy atom. The van der Waals surface area contributed by atoms with Gasteiger partial charge < -0.3 is 14.6 Å². The number of ketones is 1. The van der Waals surface area contributed by atoms with Crippen molar-refractivity contribution in [2.75, 3.05) is 27.4 Å². The highest BCUT2D eigenvalue weighted by molar-refractivity contribution is 6.06. The van der Waals surface area contributed by atoms with Crippen molar-refractivity contribution in [2.45, 2.75) is 38.8 Å². The number of ether oxygens (including phenoxy) is 2. The third-order valence-electron chi connectivity index (χ3n) is 7.12. The van der Waals surface area contributed by atoms with Gasteiger partial charge in [0.25, 0.3) is 0 Å². The first-order valence-electron chi connectivity index (χ1n) is 10.7. The molecule has 4 rings (SSSR count). The summed E-state index contributed by atoms with van der Waals surface area (Å²) >= 11 is 0. The largest absolute Gasteiger partial charge is 0.493 e. The molecular weight excluding hydrogens is 378 g/mol. The number of rotatable bonds is 6. The molecule has 1 saturated heterocycles. The molecule has 160 valence electrons. The molecule has 2 aromatic rings. The van der Waals surface area contributed by atoms with Gasteiger partial charge in [-0.3, -0.25) is 9.69 Å². The van der Waals surface area contributed by atoms with Crippen LogP contribution in [0.5, 0.6) is 11.5 Å². The minimum atomic E-state index is -0.743. The minimum absolute atomic E-state index is 0.0506. The number of piperidine rings is 1. The van der Waals surface area contributed by atoms with Crippen LogP contribution in [-0.4, -0.2) is 49.2 Å². The normalized spacial score (nSPS) is 26.5. The van der Waals surface area contributed by atoms with Crippen molar-refractivity contribution in [1.29, 1.82) is 0 Å². The third kappa shape index (κ3) is 3.50. The predicted molar refractivity (Wildman–Crippen MR) is 116 cm³/mol. The first kappa shape index (κ1) is 20.9. The van der Waals surface area contributed by atoms with Crippen molar-refractivity contribution in [3.05, 3.63) is 59.2 Å². The topological polar surface area (TPSA) is 59.0 Å². The van der Waals surface area contributed by atoms with Crippen LogP contribution in [0.15, 0.2) is 42.5 Å². The number of benzene rings is 2. The van der Waals surface area contributed by atoms with Gasteiger partial charge in [0.1, 0.15) is 0 Å². The maximum Gasteiger partial charge on any atom is 0.172 e. The predicted octanol–water partition coefficient (Wildman–Crippen LogP) is 3.72. The smallest absolute Gasteiger partial charge is 0.172 e. The summed E-state index contributed by atoms with van der Waals surface area (Å²) in [5.41, 5.74) is 2.18. The van der Waals surface area contributed by atoms with Crippen LogP contribution in [0, 0.1) is 11.3 Å². The number of hydrogen-bond donors (Lipinski definition) is 1. The molecule has 2 aliphatic rings. The van der Waals surface area contributed by atoms with Gasteiger partial charge in [0.15, 0.2) is 17.3 Å². The summed E-state index contributed by atoms with van der Waals surface area (Å²) in [5, 5.41) is 10.5. The zero-order valence-electron chi connectivity index (χ0n) is 18.1. The number of fused-ring (bicyclic) bond motifs is 1. The van der Waals surface area contributed by atoms with Gasteiger partial charge in [-0.05, 0) is 61.9 Å². The first-order chi connectivity index (χ1) is 14.5. The first-order valence-corrected chi connectivity index (χ1v) is 10.7. The fourth-order valence-corrected chi connectivity index (χ4v) is 5.33. The fourth-order valence-electron chi connectivity index (χ4n) is 5.33. The number of methoxy groups -OCH3 is 2. The zero-order valence-corrected chi connectivity index (χ0v) is 18.1. The summed E-state index contributed by atoms with van der Waals surface area (Å²) in [6, 6.07) is 14.5. The summed E-state index contributed by atoms with van der Waals surface area (Å²) in [5.74, 6) is 1.39. The van der Waals surface area contributed by atoms with E-state index in [1.54, 1.807) is 20.3 Å². The highest BCUT2D eigenvalue weighted by Crippen LogP contribution is 2.49. The molecule has 1 fully saturated rings. The Kier molecular flexibility index (Phi) is 5.85. The van der Waals surface area contributed by atoms with Crippen molar-refractivity contribution in [1.82, 2.24) is 4.90 Å². The van der Waals surface area contributed by atoms with E-state index in [9.17, 15) is 9.90 Å². The van der Waals surface area contributed by atoms with E-state index in [2.05, 4.69) is 36.1 Å². The van der Waals surface area contributed by atoms with E-state index >= 15 is 0 Å². The van der Waals surface area contributed by atoms with Crippen LogP contribution in [0.1, 0.15) is 41.3 Å². The summed E-state index contributed by atoms with van der Waals surface area (Å²) in [7, 11) is 3.18. The summed E-state index contributed by atoms with van der Waals surface area (Å²) in [6.07, 6.45) is 2.38. The van der Waals surface area contributed by atoms with E-state index in [0.717, 1.165) is 31.5 Å². The Labute approximate surface area is 178 Å². The Morgan fingerprint density at radius 3 is 2.47 bits per heavy atom. The molecule has 1 N–H and O–H groups in total. The second-order valence-electron chi connectivity index (χ2n) is 8.71. The van der Waals surface area contributed by atoms with Crippen LogP contribution >= 0.6 is 0 Å². The number of aliphatic hydroxyl groups is 1. The number of carbonyl (C=O) groups is 1. The van der Waals surface area contributed by atoms with Crippen molar-refractivity contribution < 1.29 is 19.4 Å². The monoisotopic (exact) mass is 409 g/mol. The van der Waals surface area contributed by atoms with Crippen molar-refractivity contribution in [2.24, 2.45) is 11.3 Å². The van der Waals surface area contributed by atoms with E-state index in [1.807, 2.05) is 12.1 Å². The van der Waals surface area contributed by atoms with Gasteiger partial charge in [-0.1, -0.05) is 30.3 Å². The number of carbonyl (C=O) groups excluding carboxylic acids is 1. The van der Waals surface area contributed by atoms with Crippen molar-refractivity contribution in [3.8, 4) is 11.5 Å². The number of nitrogens with zero attached hydrogens (tertiary/aromatic N) is 1. The Hall–Kier alpha value is -2.37. The van der Waals surface area contributed by atoms with Crippen LogP contribution in [0.3, 0.4) is 0 Å². The Bertz CT molecular complexity index is 913. The van der Waals surface area contributed by atoms with Crippen LogP contribution in [-0.2, 0) is 13.0 Å². The number of Topliss-reactive ketones (excluding diaryl/α,β-unsaturated/α-hetero) is 1. The molecule has 0 spiro atoms. The van der Waals surface area contributed by atoms with Gasteiger partial charge in [-0.25, -0.2) is 0 Å². The van der Waals surface area contributed by atoms with Gasteiger partial charge >= 0.3 is 0 Å². The number of hydrogen-bond acceptors (Lipinski definition) is 5. The molecule has 30 heavy (non-hydrogen) atoms. The van der Waals surface area contributed by atoms with E-state index in [4.69, 9.17) is 9.47 Å². The van der Waals surface area contributed by atoms with Crippen LogP contribution in [0.2, 0.25) is 0 Å². The van der Waals surface area contributed by atoms with E-state index in [0.29, 0.717) is 29.5 Å². The standard InChI is InChI=1S/C25H31NO4/c1-17-11-20(9-10-26(17)15-18-7-5-4-6-8-18)25(16-27)14-19-12-22(29-2)23(30-3)13-21(19)24(25)28/h4-8,12-13,17,20,27H,9-11,14-16H2,1-3H3. The Morgan fingerprint density at radius 2 is 1.83 bits per heavy atom. The molecule has 0 aromatic heterocycles. The van der Waals surface area contributed by atoms with E-state index in [-0.39, 0.29) is 18.3 Å². The van der Waals surface area contributed by atoms with Crippen LogP contribution < -0.4 is 9.47 Å². The molecule has 1 aliphatic heterocycles. The molecule has 0 saturated carbocycles. The maximum absolute atomic E-state index is 13.5. The molecule has 0 bridgehead atoms. The minimum Gasteiger partial charge on any atom is -0.493 e. The molecule has 1 heterocycles. The van der Waals surface area contributed by atoms with Gasteiger partial charge in [0.05, 0.1) is 26.2 Å². The lowest BCUT2D eigenvalue weighted by atomic mass is 9.67. The third-order valence-corrected chi connectivity index (χ3v) is 7.12. The van der Waals surface area contributed by atoms with Gasteiger partial charge in [0, 0.05) is 18.2 Å². The summed E-state index contributed by atoms with van der Waals surface area (Å²) in [6.45, 7) is 3.96. The SMILES string of the molecule is COc1cc2c(cc1OC)C(=O)C(CO)(C1CCN(Cc3ccccc3)C(C)C1)C2. The zero-order chi connectivity index (χ0) is 21.3. The molecule has 2 aromatic carbocycles. The summed E-state index contributed by atoms with van der Waals surface area (Å²) in [4.78, 5) is 16.0. The number of likely N-dealkylation sites (tertiary alicyclic amines) is 1. The second-order valence-corrected chi connectivity index (χ2v) is 8.71. The molecule has 0 radical (unpaired) electrons. The van der Waals surface area contributed by atoms with Gasteiger partial charge in [0.2, 0.25) is 0 Å². The van der Waals surface area contributed by atoms with Gasteiger partial charge in [-0.2, -0.15) is 0 Å². The molecule has 3 unspecified atom stereocenters. The van der Waals surface area contributed by atoms with Crippen molar-refractivity contribution in [3.63, 3.8) is 0 Å². The quantitative estimate of drug-likeness (QED) is 0.788. The van der Waals surface area contributed by atoms with Crippen LogP contribution in [0.4, 0.5) is 0 Å². The second kappa shape index (κ2) is 8.40. The Balaban J connectivity index is 1.55. The molecular formula is C25H31NO4. The lowest BCUT2D eigenvalue weighted by Crippen LogP contribution is -2.49. The molecule has 5 heteroatoms. The lowest BCUT2D eigenvalue weighted by Gasteiger charge is -2.44. The van der Waals surface area contributed by atoms with E-state index < -0.39 is 5.41 Å². The fraction of sp³-hybridized carbons (Fsp3) is 0.480. The molecule has 1 aliphatic carbocycles. The van der Waals surface area contributed by atoms with Gasteiger partial charge in [-0.15, -0.1) is 0 Å².